The Morgan fingerprint density at radius 3 is 2.93 bits per heavy atom. The van der Waals surface area contributed by atoms with Gasteiger partial charge in [-0.15, -0.1) is 0 Å². The summed E-state index contributed by atoms with van der Waals surface area (Å²) in [4.78, 5) is 15.4. The number of nitrogens with zero attached hydrogens (tertiary/aromatic N) is 1. The Bertz CT molecular complexity index is 322. The predicted octanol–water partition coefficient (Wildman–Crippen LogP) is 0.770. The highest BCUT2D eigenvalue weighted by Crippen LogP contribution is 2.11. The van der Waals surface area contributed by atoms with E-state index in [1.807, 2.05) is 20.8 Å². The van der Waals surface area contributed by atoms with Crippen molar-refractivity contribution in [2.24, 2.45) is 0 Å². The number of likely N-dealkylation sites (N-methyl/N-ethyl adjacent to an activating group) is 1. The topological polar surface area (TPSA) is 67.2 Å². The van der Waals surface area contributed by atoms with E-state index in [0.717, 1.165) is 12.3 Å². The second kappa shape index (κ2) is 5.50. The van der Waals surface area contributed by atoms with Gasteiger partial charge in [-0.3, -0.25) is 4.79 Å². The Morgan fingerprint density at radius 2 is 2.40 bits per heavy atom. The molecule has 1 heterocycles. The summed E-state index contributed by atoms with van der Waals surface area (Å²) in [6, 6.07) is -0.190. The molecule has 0 saturated heterocycles. The number of nitrogens with one attached hydrogen (secondary N) is 2. The molecule has 1 rings (SSSR count). The van der Waals surface area contributed by atoms with Gasteiger partial charge in [0, 0.05) is 0 Å². The van der Waals surface area contributed by atoms with Crippen LogP contribution in [-0.4, -0.2) is 24.0 Å². The van der Waals surface area contributed by atoms with Crippen LogP contribution < -0.4 is 10.6 Å². The molecular weight excluding hydrogens is 194 g/mol. The number of aryl methyl sites for hydroxylation is 1. The monoisotopic (exact) mass is 211 g/mol. The van der Waals surface area contributed by atoms with Crippen LogP contribution in [0.1, 0.15) is 31.5 Å². The summed E-state index contributed by atoms with van der Waals surface area (Å²) >= 11 is 0. The lowest BCUT2D eigenvalue weighted by Gasteiger charge is -2.10. The van der Waals surface area contributed by atoms with Gasteiger partial charge in [0.05, 0.1) is 12.7 Å². The van der Waals surface area contributed by atoms with Gasteiger partial charge < -0.3 is 15.1 Å². The third-order valence-electron chi connectivity index (χ3n) is 1.92. The van der Waals surface area contributed by atoms with Gasteiger partial charge in [-0.25, -0.2) is 4.98 Å². The van der Waals surface area contributed by atoms with Gasteiger partial charge in [-0.05, 0) is 20.4 Å². The summed E-state index contributed by atoms with van der Waals surface area (Å²) in [5.74, 6) is 1.23. The van der Waals surface area contributed by atoms with Crippen LogP contribution in [0.15, 0.2) is 10.6 Å². The molecule has 1 aromatic rings. The largest absolute Gasteiger partial charge is 0.444 e. The average molecular weight is 211 g/mol. The molecular formula is C10H17N3O2. The zero-order valence-electron chi connectivity index (χ0n) is 9.33. The highest BCUT2D eigenvalue weighted by atomic mass is 16.4. The maximum Gasteiger partial charge on any atom is 0.234 e. The number of aromatic nitrogens is 1. The Hall–Kier alpha value is -1.36. The van der Waals surface area contributed by atoms with Gasteiger partial charge in [0.1, 0.15) is 11.8 Å². The normalized spacial score (nSPS) is 12.5. The number of hydrogen-bond donors (Lipinski definition) is 2. The van der Waals surface area contributed by atoms with Crippen LogP contribution >= 0.6 is 0 Å². The van der Waals surface area contributed by atoms with Gasteiger partial charge in [-0.2, -0.15) is 0 Å². The van der Waals surface area contributed by atoms with E-state index in [0.29, 0.717) is 12.4 Å². The van der Waals surface area contributed by atoms with Crippen molar-refractivity contribution in [2.75, 3.05) is 13.1 Å². The average Bonchev–Trinajstić information content (AvgIpc) is 2.61. The van der Waals surface area contributed by atoms with Crippen LogP contribution in [0.2, 0.25) is 0 Å². The molecule has 2 N–H and O–H groups in total. The van der Waals surface area contributed by atoms with Crippen molar-refractivity contribution in [3.8, 4) is 0 Å². The summed E-state index contributed by atoms with van der Waals surface area (Å²) in [6.07, 6.45) is 1.64. The van der Waals surface area contributed by atoms with E-state index in [4.69, 9.17) is 4.42 Å². The van der Waals surface area contributed by atoms with Crippen molar-refractivity contribution in [1.82, 2.24) is 15.6 Å². The summed E-state index contributed by atoms with van der Waals surface area (Å²) in [6.45, 7) is 6.72. The third kappa shape index (κ3) is 3.71. The van der Waals surface area contributed by atoms with Crippen molar-refractivity contribution in [1.29, 1.82) is 0 Å². The summed E-state index contributed by atoms with van der Waals surface area (Å²) in [5, 5.41) is 5.73. The van der Waals surface area contributed by atoms with Gasteiger partial charge in [-0.1, -0.05) is 6.92 Å². The SMILES string of the molecule is CCNCC(=O)NC(C)c1ncc(C)o1. The lowest BCUT2D eigenvalue weighted by atomic mass is 10.3. The fraction of sp³-hybridized carbons (Fsp3) is 0.600. The molecule has 5 nitrogen and oxygen atoms in total. The molecule has 1 unspecified atom stereocenters. The first-order chi connectivity index (χ1) is 7.13. The van der Waals surface area contributed by atoms with Gasteiger partial charge in [0.2, 0.25) is 11.8 Å². The van der Waals surface area contributed by atoms with Crippen molar-refractivity contribution in [2.45, 2.75) is 26.8 Å². The van der Waals surface area contributed by atoms with Crippen LogP contribution in [0.5, 0.6) is 0 Å². The van der Waals surface area contributed by atoms with Gasteiger partial charge in [0.15, 0.2) is 0 Å². The minimum Gasteiger partial charge on any atom is -0.444 e. The molecule has 0 fully saturated rings. The molecule has 0 aromatic carbocycles. The minimum atomic E-state index is -0.190. The van der Waals surface area contributed by atoms with Crippen molar-refractivity contribution in [3.63, 3.8) is 0 Å². The van der Waals surface area contributed by atoms with Crippen LogP contribution in [0.25, 0.3) is 0 Å². The summed E-state index contributed by atoms with van der Waals surface area (Å²) < 4.78 is 5.30. The molecule has 0 aliphatic heterocycles. The molecule has 5 heteroatoms. The highest BCUT2D eigenvalue weighted by Gasteiger charge is 2.13. The molecule has 0 spiro atoms. The fourth-order valence-corrected chi connectivity index (χ4v) is 1.17. The number of carbonyl (C=O) groups excluding carboxylic acids is 1. The molecule has 0 aliphatic rings. The molecule has 84 valence electrons. The van der Waals surface area contributed by atoms with Crippen LogP contribution in [0.3, 0.4) is 0 Å². The van der Waals surface area contributed by atoms with Gasteiger partial charge in [0.25, 0.3) is 0 Å². The van der Waals surface area contributed by atoms with E-state index < -0.39 is 0 Å². The Kier molecular flexibility index (Phi) is 4.30. The molecule has 1 atom stereocenters. The lowest BCUT2D eigenvalue weighted by Crippen LogP contribution is -2.35. The number of hydrogen-bond acceptors (Lipinski definition) is 4. The first-order valence-corrected chi connectivity index (χ1v) is 5.06. The first-order valence-electron chi connectivity index (χ1n) is 5.06. The number of carbonyl (C=O) groups is 1. The second-order valence-corrected chi connectivity index (χ2v) is 3.38. The molecule has 0 aliphatic carbocycles. The Labute approximate surface area is 89.3 Å². The highest BCUT2D eigenvalue weighted by molar-refractivity contribution is 5.78. The first kappa shape index (κ1) is 11.7. The van der Waals surface area contributed by atoms with E-state index >= 15 is 0 Å². The van der Waals surface area contributed by atoms with Crippen molar-refractivity contribution < 1.29 is 9.21 Å². The Morgan fingerprint density at radius 1 is 1.67 bits per heavy atom. The molecule has 1 amide bonds. The third-order valence-corrected chi connectivity index (χ3v) is 1.92. The predicted molar refractivity (Wildman–Crippen MR) is 56.3 cm³/mol. The summed E-state index contributed by atoms with van der Waals surface area (Å²) in [5.41, 5.74) is 0. The zero-order valence-corrected chi connectivity index (χ0v) is 9.33. The minimum absolute atomic E-state index is 0.0554. The number of amides is 1. The number of rotatable bonds is 5. The van der Waals surface area contributed by atoms with E-state index in [9.17, 15) is 4.79 Å². The Balaban J connectivity index is 2.41. The smallest absolute Gasteiger partial charge is 0.234 e. The maximum atomic E-state index is 11.3. The van der Waals surface area contributed by atoms with Crippen molar-refractivity contribution >= 4 is 5.91 Å². The van der Waals surface area contributed by atoms with E-state index in [-0.39, 0.29) is 11.9 Å². The lowest BCUT2D eigenvalue weighted by molar-refractivity contribution is -0.121. The zero-order chi connectivity index (χ0) is 11.3. The molecule has 0 radical (unpaired) electrons. The van der Waals surface area contributed by atoms with E-state index in [1.54, 1.807) is 6.20 Å². The molecule has 15 heavy (non-hydrogen) atoms. The van der Waals surface area contributed by atoms with E-state index in [1.165, 1.54) is 0 Å². The second-order valence-electron chi connectivity index (χ2n) is 3.38. The van der Waals surface area contributed by atoms with Crippen LogP contribution in [0, 0.1) is 6.92 Å². The van der Waals surface area contributed by atoms with Gasteiger partial charge >= 0.3 is 0 Å². The van der Waals surface area contributed by atoms with E-state index in [2.05, 4.69) is 15.6 Å². The molecule has 0 saturated carbocycles. The standard InChI is InChI=1S/C10H17N3O2/c1-4-11-6-9(14)13-8(3)10-12-5-7(2)15-10/h5,8,11H,4,6H2,1-3H3,(H,13,14). The molecule has 1 aromatic heterocycles. The van der Waals surface area contributed by atoms with Crippen LogP contribution in [-0.2, 0) is 4.79 Å². The number of oxazole rings is 1. The maximum absolute atomic E-state index is 11.3. The quantitative estimate of drug-likeness (QED) is 0.755. The molecule has 0 bridgehead atoms. The van der Waals surface area contributed by atoms with Crippen molar-refractivity contribution in [3.05, 3.63) is 17.8 Å². The van der Waals surface area contributed by atoms with Crippen LogP contribution in [0.4, 0.5) is 0 Å². The summed E-state index contributed by atoms with van der Waals surface area (Å²) in [7, 11) is 0. The fourth-order valence-electron chi connectivity index (χ4n) is 1.17.